The highest BCUT2D eigenvalue weighted by Crippen LogP contribution is 2.44. The summed E-state index contributed by atoms with van der Waals surface area (Å²) < 4.78 is 5.63. The van der Waals surface area contributed by atoms with Crippen molar-refractivity contribution in [3.63, 3.8) is 0 Å². The van der Waals surface area contributed by atoms with Crippen molar-refractivity contribution in [2.45, 2.75) is 69.5 Å². The number of carbonyl (C=O) groups excluding carboxylic acids is 2. The van der Waals surface area contributed by atoms with Crippen LogP contribution in [0, 0.1) is 5.92 Å². The standard InChI is InChI=1S/C28H32N2O5/c1-2-23(26(31)30-24-14-8-3-9-17(24)15-25(30)27(32)33)29-28(34)35-16-22-20-12-6-4-10-18(20)19-11-5-7-13-21(19)22/h4-7,10-13,17,22-25H,2-3,8-9,14-16H2,1H3,(H,29,34)(H,32,33). The average Bonchev–Trinajstić information content (AvgIpc) is 3.42. The average molecular weight is 477 g/mol. The third-order valence-electron chi connectivity index (χ3n) is 7.97. The number of alkyl carbamates (subject to hydrolysis) is 1. The predicted octanol–water partition coefficient (Wildman–Crippen LogP) is 4.55. The van der Waals surface area contributed by atoms with Crippen molar-refractivity contribution in [2.75, 3.05) is 6.61 Å². The van der Waals surface area contributed by atoms with Crippen LogP contribution in [0.5, 0.6) is 0 Å². The highest BCUT2D eigenvalue weighted by atomic mass is 16.5. The van der Waals surface area contributed by atoms with Gasteiger partial charge in [-0.05, 0) is 53.9 Å². The van der Waals surface area contributed by atoms with Gasteiger partial charge in [-0.25, -0.2) is 9.59 Å². The number of aliphatic carboxylic acids is 1. The van der Waals surface area contributed by atoms with Crippen LogP contribution in [0.15, 0.2) is 48.5 Å². The Morgan fingerprint density at radius 3 is 2.29 bits per heavy atom. The van der Waals surface area contributed by atoms with E-state index in [1.165, 1.54) is 0 Å². The first-order chi connectivity index (χ1) is 17.0. The number of carbonyl (C=O) groups is 3. The smallest absolute Gasteiger partial charge is 0.407 e. The zero-order valence-corrected chi connectivity index (χ0v) is 20.0. The zero-order chi connectivity index (χ0) is 24.5. The number of ether oxygens (including phenoxy) is 1. The highest BCUT2D eigenvalue weighted by molar-refractivity contribution is 5.90. The van der Waals surface area contributed by atoms with Gasteiger partial charge in [0.05, 0.1) is 0 Å². The van der Waals surface area contributed by atoms with Gasteiger partial charge in [0.2, 0.25) is 5.91 Å². The molecule has 7 nitrogen and oxygen atoms in total. The molecule has 2 aromatic carbocycles. The summed E-state index contributed by atoms with van der Waals surface area (Å²) in [5.74, 6) is -1.13. The van der Waals surface area contributed by atoms with E-state index in [-0.39, 0.29) is 30.4 Å². The molecule has 1 heterocycles. The Morgan fingerprint density at radius 1 is 1.03 bits per heavy atom. The van der Waals surface area contributed by atoms with Gasteiger partial charge in [0, 0.05) is 12.0 Å². The van der Waals surface area contributed by atoms with E-state index in [1.54, 1.807) is 4.90 Å². The SMILES string of the molecule is CCC(NC(=O)OCC1c2ccccc2-c2ccccc21)C(=O)N1C(C(=O)O)CC2CCCCC21. The molecule has 3 aliphatic rings. The van der Waals surface area contributed by atoms with E-state index in [9.17, 15) is 19.5 Å². The lowest BCUT2D eigenvalue weighted by Crippen LogP contribution is -2.54. The number of carboxylic acid groups (broad SMARTS) is 1. The molecule has 0 bridgehead atoms. The number of nitrogens with one attached hydrogen (secondary N) is 1. The number of amides is 2. The minimum absolute atomic E-state index is 0.0595. The molecule has 0 aromatic heterocycles. The topological polar surface area (TPSA) is 95.9 Å². The summed E-state index contributed by atoms with van der Waals surface area (Å²) in [4.78, 5) is 39.7. The number of hydrogen-bond donors (Lipinski definition) is 2. The van der Waals surface area contributed by atoms with Gasteiger partial charge in [0.1, 0.15) is 18.7 Å². The second kappa shape index (κ2) is 9.72. The molecule has 0 radical (unpaired) electrons. The van der Waals surface area contributed by atoms with Crippen molar-refractivity contribution >= 4 is 18.0 Å². The van der Waals surface area contributed by atoms with Crippen molar-refractivity contribution in [1.29, 1.82) is 0 Å². The molecule has 4 unspecified atom stereocenters. The lowest BCUT2D eigenvalue weighted by Gasteiger charge is -2.35. The van der Waals surface area contributed by atoms with Gasteiger partial charge < -0.3 is 20.1 Å². The molecule has 1 saturated carbocycles. The minimum Gasteiger partial charge on any atom is -0.480 e. The molecule has 2 aliphatic carbocycles. The molecule has 2 aromatic rings. The molecule has 1 saturated heterocycles. The molecular weight excluding hydrogens is 444 g/mol. The summed E-state index contributed by atoms with van der Waals surface area (Å²) in [6, 6.07) is 14.5. The van der Waals surface area contributed by atoms with E-state index < -0.39 is 24.1 Å². The maximum absolute atomic E-state index is 13.5. The number of carboxylic acids is 1. The summed E-state index contributed by atoms with van der Waals surface area (Å²) in [7, 11) is 0. The highest BCUT2D eigenvalue weighted by Gasteiger charge is 2.48. The van der Waals surface area contributed by atoms with Gasteiger partial charge in [-0.2, -0.15) is 0 Å². The first-order valence-corrected chi connectivity index (χ1v) is 12.7. The third kappa shape index (κ3) is 4.28. The second-order valence-corrected chi connectivity index (χ2v) is 9.88. The largest absolute Gasteiger partial charge is 0.480 e. The first kappa shape index (κ1) is 23.4. The number of benzene rings is 2. The molecule has 7 heteroatoms. The molecule has 2 N–H and O–H groups in total. The van der Waals surface area contributed by atoms with Gasteiger partial charge in [-0.3, -0.25) is 4.79 Å². The maximum atomic E-state index is 13.5. The van der Waals surface area contributed by atoms with Crippen LogP contribution >= 0.6 is 0 Å². The number of fused-ring (bicyclic) bond motifs is 4. The van der Waals surface area contributed by atoms with E-state index in [2.05, 4.69) is 29.6 Å². The van der Waals surface area contributed by atoms with Crippen LogP contribution in [-0.4, -0.2) is 52.7 Å². The van der Waals surface area contributed by atoms with Crippen molar-refractivity contribution in [3.8, 4) is 11.1 Å². The number of likely N-dealkylation sites (tertiary alicyclic amines) is 1. The molecule has 35 heavy (non-hydrogen) atoms. The quantitative estimate of drug-likeness (QED) is 0.638. The van der Waals surface area contributed by atoms with E-state index in [4.69, 9.17) is 4.74 Å². The molecule has 4 atom stereocenters. The number of hydrogen-bond acceptors (Lipinski definition) is 4. The zero-order valence-electron chi connectivity index (χ0n) is 20.0. The molecule has 1 aliphatic heterocycles. The van der Waals surface area contributed by atoms with Crippen LogP contribution in [0.1, 0.15) is 62.5 Å². The van der Waals surface area contributed by atoms with Gasteiger partial charge in [0.25, 0.3) is 0 Å². The second-order valence-electron chi connectivity index (χ2n) is 9.88. The Hall–Kier alpha value is -3.35. The van der Waals surface area contributed by atoms with Crippen LogP contribution in [0.2, 0.25) is 0 Å². The fraction of sp³-hybridized carbons (Fsp3) is 0.464. The number of rotatable bonds is 6. The lowest BCUT2D eigenvalue weighted by atomic mass is 9.84. The molecule has 5 rings (SSSR count). The monoisotopic (exact) mass is 476 g/mol. The van der Waals surface area contributed by atoms with Crippen molar-refractivity contribution in [2.24, 2.45) is 5.92 Å². The van der Waals surface area contributed by atoms with Crippen molar-refractivity contribution in [1.82, 2.24) is 10.2 Å². The molecular formula is C28H32N2O5. The molecule has 2 fully saturated rings. The van der Waals surface area contributed by atoms with Crippen LogP contribution < -0.4 is 5.32 Å². The van der Waals surface area contributed by atoms with Gasteiger partial charge in [0.15, 0.2) is 0 Å². The summed E-state index contributed by atoms with van der Waals surface area (Å²) in [5, 5.41) is 12.5. The normalized spacial score (nSPS) is 23.7. The summed E-state index contributed by atoms with van der Waals surface area (Å²) in [6.45, 7) is 1.98. The van der Waals surface area contributed by atoms with Gasteiger partial charge in [-0.15, -0.1) is 0 Å². The lowest BCUT2D eigenvalue weighted by molar-refractivity contribution is -0.150. The Morgan fingerprint density at radius 2 is 1.66 bits per heavy atom. The third-order valence-corrected chi connectivity index (χ3v) is 7.97. The molecule has 2 amide bonds. The number of nitrogens with zero attached hydrogens (tertiary/aromatic N) is 1. The van der Waals surface area contributed by atoms with Crippen molar-refractivity contribution < 1.29 is 24.2 Å². The first-order valence-electron chi connectivity index (χ1n) is 12.7. The fourth-order valence-corrected chi connectivity index (χ4v) is 6.30. The summed E-state index contributed by atoms with van der Waals surface area (Å²) in [6.07, 6.45) is 4.05. The van der Waals surface area contributed by atoms with E-state index in [0.717, 1.165) is 47.9 Å². The molecule has 0 spiro atoms. The molecule has 184 valence electrons. The van der Waals surface area contributed by atoms with Crippen LogP contribution in [-0.2, 0) is 14.3 Å². The Bertz CT molecular complexity index is 1090. The van der Waals surface area contributed by atoms with E-state index in [1.807, 2.05) is 31.2 Å². The van der Waals surface area contributed by atoms with E-state index in [0.29, 0.717) is 12.8 Å². The summed E-state index contributed by atoms with van der Waals surface area (Å²) >= 11 is 0. The predicted molar refractivity (Wildman–Crippen MR) is 131 cm³/mol. The Labute approximate surface area is 205 Å². The van der Waals surface area contributed by atoms with Crippen LogP contribution in [0.3, 0.4) is 0 Å². The van der Waals surface area contributed by atoms with Gasteiger partial charge >= 0.3 is 12.1 Å². The maximum Gasteiger partial charge on any atom is 0.407 e. The van der Waals surface area contributed by atoms with Gasteiger partial charge in [-0.1, -0.05) is 68.3 Å². The fourth-order valence-electron chi connectivity index (χ4n) is 6.30. The Kier molecular flexibility index (Phi) is 6.50. The van der Waals surface area contributed by atoms with E-state index >= 15 is 0 Å². The summed E-state index contributed by atoms with van der Waals surface area (Å²) in [5.41, 5.74) is 4.53. The minimum atomic E-state index is -0.969. The van der Waals surface area contributed by atoms with Crippen molar-refractivity contribution in [3.05, 3.63) is 59.7 Å². The van der Waals surface area contributed by atoms with Crippen LogP contribution in [0.4, 0.5) is 4.79 Å². The van der Waals surface area contributed by atoms with Crippen LogP contribution in [0.25, 0.3) is 11.1 Å². The Balaban J connectivity index is 1.26.